The first-order valence-corrected chi connectivity index (χ1v) is 10.2. The number of benzene rings is 2. The molecule has 0 atom stereocenters. The molecule has 0 unspecified atom stereocenters. The Morgan fingerprint density at radius 2 is 1.78 bits per heavy atom. The van der Waals surface area contributed by atoms with Crippen molar-refractivity contribution < 1.29 is 13.2 Å². The zero-order valence-corrected chi connectivity index (χ0v) is 16.0. The van der Waals surface area contributed by atoms with Gasteiger partial charge in [0.1, 0.15) is 0 Å². The van der Waals surface area contributed by atoms with Gasteiger partial charge in [0.25, 0.3) is 5.91 Å². The average Bonchev–Trinajstić information content (AvgIpc) is 2.69. The minimum absolute atomic E-state index is 0.110. The fourth-order valence-electron chi connectivity index (χ4n) is 2.92. The van der Waals surface area contributed by atoms with Crippen molar-refractivity contribution in [2.45, 2.75) is 18.7 Å². The summed E-state index contributed by atoms with van der Waals surface area (Å²) in [5.41, 5.74) is 1.68. The molecule has 1 heterocycles. The number of hydrogen-bond donors (Lipinski definition) is 1. The number of rotatable bonds is 6. The zero-order valence-electron chi connectivity index (χ0n) is 15.2. The van der Waals surface area contributed by atoms with Gasteiger partial charge in [-0.05, 0) is 42.5 Å². The second kappa shape index (κ2) is 7.85. The first-order valence-electron chi connectivity index (χ1n) is 8.72. The molecule has 6 nitrogen and oxygen atoms in total. The molecule has 0 aliphatic heterocycles. The van der Waals surface area contributed by atoms with Crippen molar-refractivity contribution in [2.24, 2.45) is 0 Å². The number of anilines is 1. The monoisotopic (exact) mass is 383 g/mol. The van der Waals surface area contributed by atoms with Gasteiger partial charge in [-0.1, -0.05) is 26.0 Å². The van der Waals surface area contributed by atoms with Gasteiger partial charge in [0.05, 0.1) is 16.1 Å². The fraction of sp³-hybridized carbons (Fsp3) is 0.200. The molecule has 2 aromatic carbocycles. The van der Waals surface area contributed by atoms with Gasteiger partial charge < -0.3 is 5.32 Å². The van der Waals surface area contributed by atoms with Crippen LogP contribution in [-0.4, -0.2) is 36.7 Å². The van der Waals surface area contributed by atoms with E-state index in [0.717, 1.165) is 10.9 Å². The standard InChI is InChI=1S/C20H21N3O3S/c1-3-23(4-2)27(25,26)16-9-5-8-15(14-16)20(24)22-19-12-6-11-18-17(19)10-7-13-21-18/h5-14H,3-4H2,1-2H3,(H,22,24). The van der Waals surface area contributed by atoms with Gasteiger partial charge in [0, 0.05) is 30.2 Å². The van der Waals surface area contributed by atoms with E-state index in [1.54, 1.807) is 44.3 Å². The molecule has 140 valence electrons. The number of sulfonamides is 1. The molecule has 1 amide bonds. The van der Waals surface area contributed by atoms with E-state index in [2.05, 4.69) is 10.3 Å². The molecule has 7 heteroatoms. The van der Waals surface area contributed by atoms with E-state index in [1.807, 2.05) is 18.2 Å². The molecule has 1 aromatic heterocycles. The summed E-state index contributed by atoms with van der Waals surface area (Å²) in [4.78, 5) is 17.1. The fourth-order valence-corrected chi connectivity index (χ4v) is 4.42. The Morgan fingerprint density at radius 1 is 1.04 bits per heavy atom. The Morgan fingerprint density at radius 3 is 2.52 bits per heavy atom. The van der Waals surface area contributed by atoms with Crippen LogP contribution in [0, 0.1) is 0 Å². The van der Waals surface area contributed by atoms with Gasteiger partial charge in [-0.25, -0.2) is 8.42 Å². The normalized spacial score (nSPS) is 11.7. The number of carbonyl (C=O) groups is 1. The number of carbonyl (C=O) groups excluding carboxylic acids is 1. The second-order valence-electron chi connectivity index (χ2n) is 5.95. The summed E-state index contributed by atoms with van der Waals surface area (Å²) in [5, 5.41) is 3.67. The molecule has 0 radical (unpaired) electrons. The number of hydrogen-bond acceptors (Lipinski definition) is 4. The van der Waals surface area contributed by atoms with Crippen LogP contribution in [0.1, 0.15) is 24.2 Å². The van der Waals surface area contributed by atoms with E-state index in [-0.39, 0.29) is 16.4 Å². The lowest BCUT2D eigenvalue weighted by Crippen LogP contribution is -2.30. The lowest BCUT2D eigenvalue weighted by molar-refractivity contribution is 0.102. The molecule has 0 bridgehead atoms. The van der Waals surface area contributed by atoms with Crippen LogP contribution in [0.4, 0.5) is 5.69 Å². The smallest absolute Gasteiger partial charge is 0.255 e. The van der Waals surface area contributed by atoms with Crippen molar-refractivity contribution >= 4 is 32.5 Å². The average molecular weight is 383 g/mol. The molecule has 0 aliphatic rings. The third-order valence-electron chi connectivity index (χ3n) is 4.33. The van der Waals surface area contributed by atoms with Crippen LogP contribution in [0.25, 0.3) is 10.9 Å². The predicted molar refractivity (Wildman–Crippen MR) is 106 cm³/mol. The summed E-state index contributed by atoms with van der Waals surface area (Å²) in [6.07, 6.45) is 1.69. The van der Waals surface area contributed by atoms with Crippen molar-refractivity contribution in [2.75, 3.05) is 18.4 Å². The van der Waals surface area contributed by atoms with Crippen molar-refractivity contribution in [1.29, 1.82) is 0 Å². The number of fused-ring (bicyclic) bond motifs is 1. The molecule has 0 fully saturated rings. The molecule has 3 aromatic rings. The van der Waals surface area contributed by atoms with Crippen LogP contribution in [0.15, 0.2) is 65.7 Å². The van der Waals surface area contributed by atoms with Crippen LogP contribution in [0.2, 0.25) is 0 Å². The van der Waals surface area contributed by atoms with Crippen molar-refractivity contribution in [1.82, 2.24) is 9.29 Å². The Bertz CT molecular complexity index is 1070. The largest absolute Gasteiger partial charge is 0.321 e. The van der Waals surface area contributed by atoms with Crippen molar-refractivity contribution in [3.8, 4) is 0 Å². The van der Waals surface area contributed by atoms with Crippen LogP contribution in [-0.2, 0) is 10.0 Å². The van der Waals surface area contributed by atoms with Gasteiger partial charge in [0.15, 0.2) is 0 Å². The van der Waals surface area contributed by atoms with Crippen LogP contribution in [0.5, 0.6) is 0 Å². The summed E-state index contributed by atoms with van der Waals surface area (Å²) in [5.74, 6) is -0.372. The summed E-state index contributed by atoms with van der Waals surface area (Å²) in [6.45, 7) is 4.31. The van der Waals surface area contributed by atoms with Gasteiger partial charge >= 0.3 is 0 Å². The van der Waals surface area contributed by atoms with Crippen LogP contribution in [0.3, 0.4) is 0 Å². The Hall–Kier alpha value is -2.77. The van der Waals surface area contributed by atoms with Gasteiger partial charge in [-0.3, -0.25) is 9.78 Å². The van der Waals surface area contributed by atoms with Gasteiger partial charge in [-0.2, -0.15) is 4.31 Å². The molecule has 0 spiro atoms. The molecule has 0 saturated carbocycles. The molecular weight excluding hydrogens is 362 g/mol. The molecule has 1 N–H and O–H groups in total. The molecule has 27 heavy (non-hydrogen) atoms. The lowest BCUT2D eigenvalue weighted by Gasteiger charge is -2.18. The molecule has 3 rings (SSSR count). The number of amides is 1. The highest BCUT2D eigenvalue weighted by molar-refractivity contribution is 7.89. The minimum atomic E-state index is -3.62. The van der Waals surface area contributed by atoms with Crippen LogP contribution < -0.4 is 5.32 Å². The maximum absolute atomic E-state index is 12.7. The first-order chi connectivity index (χ1) is 13.0. The first kappa shape index (κ1) is 19.0. The predicted octanol–water partition coefficient (Wildman–Crippen LogP) is 3.52. The van der Waals surface area contributed by atoms with E-state index in [1.165, 1.54) is 16.4 Å². The highest BCUT2D eigenvalue weighted by Gasteiger charge is 2.22. The van der Waals surface area contributed by atoms with E-state index >= 15 is 0 Å². The third kappa shape index (κ3) is 3.84. The summed E-state index contributed by atoms with van der Waals surface area (Å²) < 4.78 is 26.7. The van der Waals surface area contributed by atoms with Gasteiger partial charge in [-0.15, -0.1) is 0 Å². The summed E-state index contributed by atoms with van der Waals surface area (Å²) >= 11 is 0. The quantitative estimate of drug-likeness (QED) is 0.706. The van der Waals surface area contributed by atoms with Crippen LogP contribution >= 0.6 is 0 Å². The Balaban J connectivity index is 1.92. The molecular formula is C20H21N3O3S. The number of nitrogens with one attached hydrogen (secondary N) is 1. The highest BCUT2D eigenvalue weighted by atomic mass is 32.2. The van der Waals surface area contributed by atoms with E-state index < -0.39 is 10.0 Å². The van der Waals surface area contributed by atoms with E-state index in [0.29, 0.717) is 18.8 Å². The topological polar surface area (TPSA) is 79.4 Å². The maximum Gasteiger partial charge on any atom is 0.255 e. The lowest BCUT2D eigenvalue weighted by atomic mass is 10.1. The minimum Gasteiger partial charge on any atom is -0.321 e. The third-order valence-corrected chi connectivity index (χ3v) is 6.38. The second-order valence-corrected chi connectivity index (χ2v) is 7.88. The SMILES string of the molecule is CCN(CC)S(=O)(=O)c1cccc(C(=O)Nc2cccc3ncccc23)c1. The summed E-state index contributed by atoms with van der Waals surface area (Å²) in [6, 6.07) is 15.2. The van der Waals surface area contributed by atoms with E-state index in [9.17, 15) is 13.2 Å². The van der Waals surface area contributed by atoms with Crippen molar-refractivity contribution in [3.05, 3.63) is 66.4 Å². The highest BCUT2D eigenvalue weighted by Crippen LogP contribution is 2.23. The molecule has 0 saturated heterocycles. The molecule has 0 aliphatic carbocycles. The maximum atomic E-state index is 12.7. The Kier molecular flexibility index (Phi) is 5.53. The number of aromatic nitrogens is 1. The van der Waals surface area contributed by atoms with Crippen molar-refractivity contribution in [3.63, 3.8) is 0 Å². The number of nitrogens with zero attached hydrogens (tertiary/aromatic N) is 2. The Labute approximate surface area is 158 Å². The zero-order chi connectivity index (χ0) is 19.4. The van der Waals surface area contributed by atoms with Gasteiger partial charge in [0.2, 0.25) is 10.0 Å². The van der Waals surface area contributed by atoms with E-state index in [4.69, 9.17) is 0 Å². The summed E-state index contributed by atoms with van der Waals surface area (Å²) in [7, 11) is -3.62. The number of pyridine rings is 1.